The van der Waals surface area contributed by atoms with Gasteiger partial charge in [0, 0.05) is 24.7 Å². The first-order valence-corrected chi connectivity index (χ1v) is 9.50. The van der Waals surface area contributed by atoms with Crippen LogP contribution in [0.1, 0.15) is 32.0 Å². The molecular formula is C22H27N3O3. The molecule has 0 aliphatic carbocycles. The number of fused-ring (bicyclic) bond motifs is 1. The maximum atomic E-state index is 12.6. The number of hydrogen-bond donors (Lipinski definition) is 0. The zero-order chi connectivity index (χ0) is 20.3. The van der Waals surface area contributed by atoms with Crippen molar-refractivity contribution in [2.45, 2.75) is 33.8 Å². The van der Waals surface area contributed by atoms with E-state index in [-0.39, 0.29) is 11.8 Å². The Bertz CT molecular complexity index is 978. The van der Waals surface area contributed by atoms with Crippen LogP contribution in [0.15, 0.2) is 42.6 Å². The molecule has 0 saturated heterocycles. The number of carbonyl (C=O) groups excluding carboxylic acids is 1. The zero-order valence-electron chi connectivity index (χ0n) is 17.1. The Morgan fingerprint density at radius 1 is 1.18 bits per heavy atom. The molecule has 2 aromatic heterocycles. The van der Waals surface area contributed by atoms with Gasteiger partial charge in [-0.15, -0.1) is 0 Å². The van der Waals surface area contributed by atoms with Gasteiger partial charge < -0.3 is 9.47 Å². The summed E-state index contributed by atoms with van der Waals surface area (Å²) in [5.41, 5.74) is 2.53. The van der Waals surface area contributed by atoms with Gasteiger partial charge in [0.2, 0.25) is 5.91 Å². The Hall–Kier alpha value is -3.02. The number of benzene rings is 1. The second-order valence-electron chi connectivity index (χ2n) is 6.95. The molecule has 0 radical (unpaired) electrons. The molecule has 6 heteroatoms. The Morgan fingerprint density at radius 2 is 1.89 bits per heavy atom. The summed E-state index contributed by atoms with van der Waals surface area (Å²) >= 11 is 0. The molecular weight excluding hydrogens is 354 g/mol. The lowest BCUT2D eigenvalue weighted by Gasteiger charge is -2.20. The van der Waals surface area contributed by atoms with Gasteiger partial charge in [-0.2, -0.15) is 0 Å². The number of pyridine rings is 1. The van der Waals surface area contributed by atoms with E-state index in [1.807, 2.05) is 67.8 Å². The normalized spacial score (nSPS) is 11.1. The Labute approximate surface area is 165 Å². The van der Waals surface area contributed by atoms with Crippen LogP contribution in [0.25, 0.3) is 5.65 Å². The fourth-order valence-corrected chi connectivity index (χ4v) is 3.25. The van der Waals surface area contributed by atoms with Crippen molar-refractivity contribution in [2.75, 3.05) is 19.1 Å². The molecule has 1 amide bonds. The highest BCUT2D eigenvalue weighted by molar-refractivity contribution is 5.94. The molecule has 0 aliphatic rings. The molecule has 0 bridgehead atoms. The van der Waals surface area contributed by atoms with Gasteiger partial charge in [-0.3, -0.25) is 14.1 Å². The Kier molecular flexibility index (Phi) is 5.87. The number of para-hydroxylation sites is 1. The van der Waals surface area contributed by atoms with E-state index in [2.05, 4.69) is 0 Å². The van der Waals surface area contributed by atoms with E-state index < -0.39 is 0 Å². The minimum atomic E-state index is -0.0924. The summed E-state index contributed by atoms with van der Waals surface area (Å²) in [7, 11) is 3.45. The van der Waals surface area contributed by atoms with Crippen molar-refractivity contribution in [2.24, 2.45) is 5.92 Å². The van der Waals surface area contributed by atoms with Crippen LogP contribution in [0, 0.1) is 5.92 Å². The van der Waals surface area contributed by atoms with Gasteiger partial charge in [0.25, 0.3) is 0 Å². The van der Waals surface area contributed by atoms with E-state index in [9.17, 15) is 4.79 Å². The minimum absolute atomic E-state index is 0.0526. The standard InChI is InChI=1S/C22H27N3O3/c1-6-17-21(24(4)22(26)15(2)3)25-13-9-12-19(20(25)23-17)28-14-16-10-7-8-11-18(16)27-5/h7-13,15H,6,14H2,1-5H3. The van der Waals surface area contributed by atoms with Crippen LogP contribution < -0.4 is 14.4 Å². The van der Waals surface area contributed by atoms with Crippen molar-refractivity contribution in [1.82, 2.24) is 9.38 Å². The van der Waals surface area contributed by atoms with Gasteiger partial charge in [0.1, 0.15) is 18.2 Å². The third kappa shape index (κ3) is 3.67. The molecule has 0 saturated carbocycles. The van der Waals surface area contributed by atoms with Gasteiger partial charge in [-0.05, 0) is 24.6 Å². The van der Waals surface area contributed by atoms with Crippen LogP contribution in [0.5, 0.6) is 11.5 Å². The van der Waals surface area contributed by atoms with Crippen molar-refractivity contribution >= 4 is 17.4 Å². The molecule has 0 spiro atoms. The van der Waals surface area contributed by atoms with Crippen molar-refractivity contribution in [1.29, 1.82) is 0 Å². The fraction of sp³-hybridized carbons (Fsp3) is 0.364. The smallest absolute Gasteiger partial charge is 0.230 e. The molecule has 6 nitrogen and oxygen atoms in total. The van der Waals surface area contributed by atoms with Gasteiger partial charge >= 0.3 is 0 Å². The Balaban J connectivity index is 1.98. The highest BCUT2D eigenvalue weighted by Crippen LogP contribution is 2.29. The second-order valence-corrected chi connectivity index (χ2v) is 6.95. The van der Waals surface area contributed by atoms with Gasteiger partial charge in [0.15, 0.2) is 11.4 Å². The lowest BCUT2D eigenvalue weighted by molar-refractivity contribution is -0.121. The van der Waals surface area contributed by atoms with E-state index in [0.29, 0.717) is 18.0 Å². The summed E-state index contributed by atoms with van der Waals surface area (Å²) in [6, 6.07) is 11.6. The van der Waals surface area contributed by atoms with Crippen LogP contribution >= 0.6 is 0 Å². The third-order valence-electron chi connectivity index (χ3n) is 4.71. The van der Waals surface area contributed by atoms with Gasteiger partial charge in [-0.1, -0.05) is 39.0 Å². The summed E-state index contributed by atoms with van der Waals surface area (Å²) in [5.74, 6) is 2.20. The van der Waals surface area contributed by atoms with Crippen molar-refractivity contribution in [3.05, 3.63) is 53.9 Å². The largest absolute Gasteiger partial charge is 0.496 e. The number of anilines is 1. The van der Waals surface area contributed by atoms with Crippen LogP contribution in [0.4, 0.5) is 5.82 Å². The molecule has 0 atom stereocenters. The number of carbonyl (C=O) groups is 1. The van der Waals surface area contributed by atoms with Crippen LogP contribution in [0.3, 0.4) is 0 Å². The predicted molar refractivity (Wildman–Crippen MR) is 110 cm³/mol. The lowest BCUT2D eigenvalue weighted by atomic mass is 10.2. The number of aryl methyl sites for hydroxylation is 1. The number of methoxy groups -OCH3 is 1. The summed E-state index contributed by atoms with van der Waals surface area (Å²) in [6.45, 7) is 6.20. The molecule has 148 valence electrons. The topological polar surface area (TPSA) is 56.1 Å². The van der Waals surface area contributed by atoms with Crippen molar-refractivity contribution in [3.8, 4) is 11.5 Å². The summed E-state index contributed by atoms with van der Waals surface area (Å²) in [5, 5.41) is 0. The zero-order valence-corrected chi connectivity index (χ0v) is 17.1. The van der Waals surface area contributed by atoms with E-state index in [4.69, 9.17) is 14.5 Å². The van der Waals surface area contributed by atoms with Gasteiger partial charge in [0.05, 0.1) is 12.8 Å². The first-order valence-electron chi connectivity index (χ1n) is 9.50. The molecule has 0 aliphatic heterocycles. The second kappa shape index (κ2) is 8.33. The third-order valence-corrected chi connectivity index (χ3v) is 4.71. The van der Waals surface area contributed by atoms with Crippen molar-refractivity contribution in [3.63, 3.8) is 0 Å². The average Bonchev–Trinajstić information content (AvgIpc) is 3.10. The van der Waals surface area contributed by atoms with Crippen LogP contribution in [0.2, 0.25) is 0 Å². The Morgan fingerprint density at radius 3 is 2.57 bits per heavy atom. The fourth-order valence-electron chi connectivity index (χ4n) is 3.25. The molecule has 28 heavy (non-hydrogen) atoms. The summed E-state index contributed by atoms with van der Waals surface area (Å²) in [6.07, 6.45) is 2.63. The summed E-state index contributed by atoms with van der Waals surface area (Å²) < 4.78 is 13.4. The maximum Gasteiger partial charge on any atom is 0.230 e. The van der Waals surface area contributed by atoms with E-state index in [1.165, 1.54) is 0 Å². The number of rotatable bonds is 7. The monoisotopic (exact) mass is 381 g/mol. The summed E-state index contributed by atoms with van der Waals surface area (Å²) in [4.78, 5) is 19.0. The number of amides is 1. The molecule has 3 rings (SSSR count). The van der Waals surface area contributed by atoms with Crippen LogP contribution in [-0.2, 0) is 17.8 Å². The highest BCUT2D eigenvalue weighted by Gasteiger charge is 2.23. The highest BCUT2D eigenvalue weighted by atomic mass is 16.5. The predicted octanol–water partition coefficient (Wildman–Crippen LogP) is 4.10. The number of hydrogen-bond acceptors (Lipinski definition) is 4. The van der Waals surface area contributed by atoms with Crippen LogP contribution in [-0.4, -0.2) is 29.4 Å². The van der Waals surface area contributed by atoms with E-state index in [0.717, 1.165) is 29.2 Å². The number of nitrogens with zero attached hydrogens (tertiary/aromatic N) is 3. The first kappa shape index (κ1) is 19.7. The van der Waals surface area contributed by atoms with Crippen molar-refractivity contribution < 1.29 is 14.3 Å². The molecule has 0 N–H and O–H groups in total. The number of ether oxygens (including phenoxy) is 2. The average molecular weight is 381 g/mol. The maximum absolute atomic E-state index is 12.6. The number of aromatic nitrogens is 2. The van der Waals surface area contributed by atoms with Gasteiger partial charge in [-0.25, -0.2) is 4.98 Å². The molecule has 0 fully saturated rings. The molecule has 1 aromatic carbocycles. The molecule has 3 aromatic rings. The quantitative estimate of drug-likeness (QED) is 0.618. The molecule has 2 heterocycles. The number of imidazole rings is 1. The van der Waals surface area contributed by atoms with E-state index >= 15 is 0 Å². The lowest BCUT2D eigenvalue weighted by Crippen LogP contribution is -2.31. The van der Waals surface area contributed by atoms with E-state index in [1.54, 1.807) is 19.1 Å². The molecule has 0 unspecified atom stereocenters. The minimum Gasteiger partial charge on any atom is -0.496 e. The first-order chi connectivity index (χ1) is 13.5. The SMILES string of the molecule is CCc1nc2c(OCc3ccccc3OC)cccn2c1N(C)C(=O)C(C)C.